The topological polar surface area (TPSA) is 123 Å². The molecule has 0 unspecified atom stereocenters. The molecule has 0 radical (unpaired) electrons. The zero-order chi connectivity index (χ0) is 21.2. The SMILES string of the molecule is C[C@@H]1COCCN1c1cc(N=S(C)(C)=O)nc(Nc2cccc(F)c2[N+](=O)[O-])n1. The monoisotopic (exact) mass is 424 g/mol. The van der Waals surface area contributed by atoms with E-state index < -0.39 is 26.2 Å². The van der Waals surface area contributed by atoms with Crippen molar-refractivity contribution in [2.75, 3.05) is 42.5 Å². The van der Waals surface area contributed by atoms with Crippen molar-refractivity contribution in [3.8, 4) is 0 Å². The van der Waals surface area contributed by atoms with Gasteiger partial charge in [0.2, 0.25) is 11.8 Å². The number of ether oxygens (including phenoxy) is 1. The molecule has 156 valence electrons. The second-order valence-electron chi connectivity index (χ2n) is 6.82. The van der Waals surface area contributed by atoms with E-state index in [9.17, 15) is 18.7 Å². The Bertz CT molecular complexity index is 1050. The summed E-state index contributed by atoms with van der Waals surface area (Å²) in [6, 6.07) is 5.32. The van der Waals surface area contributed by atoms with E-state index in [0.29, 0.717) is 25.6 Å². The first-order valence-electron chi connectivity index (χ1n) is 8.74. The van der Waals surface area contributed by atoms with Crippen molar-refractivity contribution in [1.29, 1.82) is 0 Å². The quantitative estimate of drug-likeness (QED) is 0.574. The molecule has 1 saturated heterocycles. The Hall–Kier alpha value is -2.86. The van der Waals surface area contributed by atoms with Crippen molar-refractivity contribution < 1.29 is 18.3 Å². The molecule has 1 aliphatic heterocycles. The van der Waals surface area contributed by atoms with Crippen molar-refractivity contribution in [2.24, 2.45) is 4.36 Å². The lowest BCUT2D eigenvalue weighted by Gasteiger charge is -2.34. The normalized spacial score (nSPS) is 17.1. The van der Waals surface area contributed by atoms with E-state index in [-0.39, 0.29) is 23.5 Å². The third-order valence-corrected chi connectivity index (χ3v) is 4.72. The molecule has 1 aromatic carbocycles. The molecule has 10 nitrogen and oxygen atoms in total. The second kappa shape index (κ2) is 8.25. The highest BCUT2D eigenvalue weighted by Crippen LogP contribution is 2.31. The maximum Gasteiger partial charge on any atom is 0.328 e. The molecule has 1 atom stereocenters. The third-order valence-electron chi connectivity index (χ3n) is 4.09. The fourth-order valence-electron chi connectivity index (χ4n) is 2.89. The molecule has 3 rings (SSSR count). The number of hydrogen-bond donors (Lipinski definition) is 1. The number of benzene rings is 1. The van der Waals surface area contributed by atoms with E-state index in [2.05, 4.69) is 19.6 Å². The summed E-state index contributed by atoms with van der Waals surface area (Å²) in [5, 5.41) is 14.0. The van der Waals surface area contributed by atoms with Crippen LogP contribution in [0.5, 0.6) is 0 Å². The van der Waals surface area contributed by atoms with Crippen LogP contribution in [0.2, 0.25) is 0 Å². The van der Waals surface area contributed by atoms with Crippen molar-refractivity contribution in [2.45, 2.75) is 13.0 Å². The van der Waals surface area contributed by atoms with E-state index in [4.69, 9.17) is 4.74 Å². The van der Waals surface area contributed by atoms with Gasteiger partial charge in [0, 0.05) is 34.9 Å². The summed E-state index contributed by atoms with van der Waals surface area (Å²) in [5.41, 5.74) is -0.809. The Morgan fingerprint density at radius 2 is 2.17 bits per heavy atom. The molecule has 1 fully saturated rings. The maximum absolute atomic E-state index is 13.9. The van der Waals surface area contributed by atoms with Crippen LogP contribution in [-0.2, 0) is 14.5 Å². The first-order valence-corrected chi connectivity index (χ1v) is 11.1. The van der Waals surface area contributed by atoms with Crippen LogP contribution in [0.1, 0.15) is 6.92 Å². The number of nitro benzene ring substituents is 1. The Balaban J connectivity index is 2.08. The summed E-state index contributed by atoms with van der Waals surface area (Å²) in [7, 11) is -2.51. The zero-order valence-electron chi connectivity index (χ0n) is 16.2. The van der Waals surface area contributed by atoms with Crippen LogP contribution in [0, 0.1) is 15.9 Å². The van der Waals surface area contributed by atoms with Gasteiger partial charge < -0.3 is 15.0 Å². The van der Waals surface area contributed by atoms with Crippen molar-refractivity contribution in [1.82, 2.24) is 9.97 Å². The van der Waals surface area contributed by atoms with Crippen LogP contribution in [0.4, 0.5) is 33.3 Å². The summed E-state index contributed by atoms with van der Waals surface area (Å²) in [4.78, 5) is 21.0. The summed E-state index contributed by atoms with van der Waals surface area (Å²) < 4.78 is 35.6. The number of para-hydroxylation sites is 1. The van der Waals surface area contributed by atoms with E-state index >= 15 is 0 Å². The number of nitrogens with one attached hydrogen (secondary N) is 1. The highest BCUT2D eigenvalue weighted by atomic mass is 32.2. The zero-order valence-corrected chi connectivity index (χ0v) is 17.0. The molecule has 1 aromatic heterocycles. The Kier molecular flexibility index (Phi) is 5.94. The lowest BCUT2D eigenvalue weighted by atomic mass is 10.2. The van der Waals surface area contributed by atoms with Gasteiger partial charge in [-0.15, -0.1) is 0 Å². The van der Waals surface area contributed by atoms with Crippen LogP contribution >= 0.6 is 0 Å². The minimum atomic E-state index is -2.51. The molecule has 0 saturated carbocycles. The Labute approximate surface area is 167 Å². The number of hydrogen-bond acceptors (Lipinski definition) is 9. The summed E-state index contributed by atoms with van der Waals surface area (Å²) >= 11 is 0. The van der Waals surface area contributed by atoms with Gasteiger partial charge in [-0.3, -0.25) is 10.1 Å². The van der Waals surface area contributed by atoms with E-state index in [1.54, 1.807) is 6.07 Å². The van der Waals surface area contributed by atoms with Crippen molar-refractivity contribution in [3.05, 3.63) is 40.2 Å². The minimum absolute atomic E-state index is 0.0164. The minimum Gasteiger partial charge on any atom is -0.377 e. The highest BCUT2D eigenvalue weighted by molar-refractivity contribution is 7.92. The standard InChI is InChI=1S/C17H21FN6O4S/c1-11-10-28-8-7-23(11)15-9-14(22-29(2,3)27)20-17(21-15)19-13-6-4-5-12(18)16(13)24(25)26/h4-6,9,11H,7-8,10H2,1-3H3,(H,19,20,21)/t11-/m1/s1. The van der Waals surface area contributed by atoms with Gasteiger partial charge in [0.25, 0.3) is 0 Å². The molecular weight excluding hydrogens is 403 g/mol. The van der Waals surface area contributed by atoms with Crippen LogP contribution in [0.25, 0.3) is 0 Å². The first kappa shape index (κ1) is 20.9. The molecule has 29 heavy (non-hydrogen) atoms. The molecular formula is C17H21FN6O4S. The summed E-state index contributed by atoms with van der Waals surface area (Å²) in [6.07, 6.45) is 2.94. The van der Waals surface area contributed by atoms with Crippen molar-refractivity contribution in [3.63, 3.8) is 0 Å². The van der Waals surface area contributed by atoms with Gasteiger partial charge in [-0.2, -0.15) is 18.7 Å². The van der Waals surface area contributed by atoms with Gasteiger partial charge in [0.1, 0.15) is 11.5 Å². The lowest BCUT2D eigenvalue weighted by molar-refractivity contribution is -0.386. The largest absolute Gasteiger partial charge is 0.377 e. The predicted molar refractivity (Wildman–Crippen MR) is 108 cm³/mol. The second-order valence-corrected chi connectivity index (χ2v) is 9.36. The van der Waals surface area contributed by atoms with E-state index in [1.165, 1.54) is 24.6 Å². The Morgan fingerprint density at radius 3 is 2.83 bits per heavy atom. The first-order chi connectivity index (χ1) is 13.6. The average molecular weight is 424 g/mol. The van der Waals surface area contributed by atoms with Crippen molar-refractivity contribution >= 4 is 38.7 Å². The van der Waals surface area contributed by atoms with Crippen LogP contribution in [0.15, 0.2) is 28.6 Å². The summed E-state index contributed by atoms with van der Waals surface area (Å²) in [5.74, 6) is -0.338. The molecule has 1 aliphatic rings. The number of morpholine rings is 1. The van der Waals surface area contributed by atoms with Gasteiger partial charge in [-0.05, 0) is 19.1 Å². The predicted octanol–water partition coefficient (Wildman–Crippen LogP) is 2.85. The molecule has 0 spiro atoms. The fraction of sp³-hybridized carbons (Fsp3) is 0.412. The molecule has 2 heterocycles. The van der Waals surface area contributed by atoms with E-state index in [0.717, 1.165) is 6.07 Å². The number of rotatable bonds is 5. The fourth-order valence-corrected chi connectivity index (χ4v) is 3.43. The third kappa shape index (κ3) is 5.15. The van der Waals surface area contributed by atoms with Gasteiger partial charge in [0.05, 0.1) is 24.2 Å². The number of nitro groups is 1. The van der Waals surface area contributed by atoms with Gasteiger partial charge in [0.15, 0.2) is 5.82 Å². The van der Waals surface area contributed by atoms with Crippen LogP contribution < -0.4 is 10.2 Å². The average Bonchev–Trinajstić information content (AvgIpc) is 2.60. The van der Waals surface area contributed by atoms with Gasteiger partial charge in [-0.1, -0.05) is 6.07 Å². The van der Waals surface area contributed by atoms with Crippen LogP contribution in [-0.4, -0.2) is 57.4 Å². The molecule has 2 aromatic rings. The number of anilines is 3. The molecule has 1 N–H and O–H groups in total. The number of halogens is 1. The van der Waals surface area contributed by atoms with E-state index in [1.807, 2.05) is 11.8 Å². The van der Waals surface area contributed by atoms with Gasteiger partial charge in [-0.25, -0.2) is 4.21 Å². The van der Waals surface area contributed by atoms with Crippen LogP contribution in [0.3, 0.4) is 0 Å². The van der Waals surface area contributed by atoms with Gasteiger partial charge >= 0.3 is 5.69 Å². The Morgan fingerprint density at radius 1 is 1.41 bits per heavy atom. The molecule has 0 bridgehead atoms. The number of nitrogens with zero attached hydrogens (tertiary/aromatic N) is 5. The maximum atomic E-state index is 13.9. The molecule has 12 heteroatoms. The molecule has 0 amide bonds. The summed E-state index contributed by atoms with van der Waals surface area (Å²) in [6.45, 7) is 3.56. The lowest BCUT2D eigenvalue weighted by Crippen LogP contribution is -2.44. The highest BCUT2D eigenvalue weighted by Gasteiger charge is 2.24. The number of aromatic nitrogens is 2. The molecule has 0 aliphatic carbocycles. The smallest absolute Gasteiger partial charge is 0.328 e.